The number of thioether (sulfide) groups is 1. The Labute approximate surface area is 88.6 Å². The first-order valence-corrected chi connectivity index (χ1v) is 5.84. The standard InChI is InChI=1S/C9H15N3OS/c1-12(5-2-3-10)9(13)8-7-14-6-4-11-8/h8,11H,2,4-7H2,1H3. The van der Waals surface area contributed by atoms with Gasteiger partial charge < -0.3 is 10.2 Å². The molecule has 4 nitrogen and oxygen atoms in total. The third-order valence-electron chi connectivity index (χ3n) is 2.15. The molecule has 14 heavy (non-hydrogen) atoms. The molecule has 1 atom stereocenters. The van der Waals surface area contributed by atoms with E-state index in [1.807, 2.05) is 6.07 Å². The lowest BCUT2D eigenvalue weighted by Gasteiger charge is -2.26. The molecular formula is C9H15N3OS. The summed E-state index contributed by atoms with van der Waals surface area (Å²) in [5.74, 6) is 2.02. The fourth-order valence-electron chi connectivity index (χ4n) is 1.32. The fraction of sp³-hybridized carbons (Fsp3) is 0.778. The Bertz CT molecular complexity index is 233. The van der Waals surface area contributed by atoms with E-state index in [1.165, 1.54) is 0 Å². The van der Waals surface area contributed by atoms with Crippen LogP contribution in [0.4, 0.5) is 0 Å². The number of rotatable bonds is 3. The van der Waals surface area contributed by atoms with Crippen LogP contribution in [0.5, 0.6) is 0 Å². The van der Waals surface area contributed by atoms with Crippen molar-refractivity contribution in [2.75, 3.05) is 31.6 Å². The molecule has 1 unspecified atom stereocenters. The van der Waals surface area contributed by atoms with E-state index in [0.29, 0.717) is 13.0 Å². The van der Waals surface area contributed by atoms with Gasteiger partial charge in [0.25, 0.3) is 0 Å². The molecule has 78 valence electrons. The molecule has 0 aliphatic carbocycles. The van der Waals surface area contributed by atoms with Gasteiger partial charge in [0.05, 0.1) is 18.5 Å². The number of likely N-dealkylation sites (N-methyl/N-ethyl adjacent to an activating group) is 1. The number of carbonyl (C=O) groups is 1. The monoisotopic (exact) mass is 213 g/mol. The predicted molar refractivity (Wildman–Crippen MR) is 57.0 cm³/mol. The van der Waals surface area contributed by atoms with Crippen LogP contribution >= 0.6 is 11.8 Å². The maximum atomic E-state index is 11.7. The van der Waals surface area contributed by atoms with Crippen LogP contribution in [-0.4, -0.2) is 48.5 Å². The van der Waals surface area contributed by atoms with Gasteiger partial charge in [-0.25, -0.2) is 0 Å². The second kappa shape index (κ2) is 5.89. The first kappa shape index (κ1) is 11.3. The molecule has 1 aliphatic rings. The molecule has 0 aromatic heterocycles. The lowest BCUT2D eigenvalue weighted by molar-refractivity contribution is -0.131. The first-order valence-electron chi connectivity index (χ1n) is 4.68. The number of nitrogens with zero attached hydrogens (tertiary/aromatic N) is 2. The summed E-state index contributed by atoms with van der Waals surface area (Å²) in [5, 5.41) is 11.6. The third-order valence-corrected chi connectivity index (χ3v) is 3.22. The molecular weight excluding hydrogens is 198 g/mol. The van der Waals surface area contributed by atoms with Crippen molar-refractivity contribution in [3.05, 3.63) is 0 Å². The van der Waals surface area contributed by atoms with Gasteiger partial charge in [-0.15, -0.1) is 0 Å². The molecule has 0 radical (unpaired) electrons. The van der Waals surface area contributed by atoms with Crippen molar-refractivity contribution in [1.29, 1.82) is 5.26 Å². The molecule has 1 N–H and O–H groups in total. The number of amides is 1. The van der Waals surface area contributed by atoms with E-state index in [2.05, 4.69) is 5.32 Å². The van der Waals surface area contributed by atoms with Gasteiger partial charge in [-0.05, 0) is 0 Å². The first-order chi connectivity index (χ1) is 6.75. The molecule has 0 spiro atoms. The zero-order valence-corrected chi connectivity index (χ0v) is 9.14. The van der Waals surface area contributed by atoms with Gasteiger partial charge in [0.2, 0.25) is 5.91 Å². The summed E-state index contributed by atoms with van der Waals surface area (Å²) >= 11 is 1.80. The van der Waals surface area contributed by atoms with E-state index in [4.69, 9.17) is 5.26 Å². The summed E-state index contributed by atoms with van der Waals surface area (Å²) in [6.45, 7) is 1.42. The second-order valence-electron chi connectivity index (χ2n) is 3.25. The predicted octanol–water partition coefficient (Wildman–Crippen LogP) is 0.0635. The number of carbonyl (C=O) groups excluding carboxylic acids is 1. The van der Waals surface area contributed by atoms with Gasteiger partial charge in [0.15, 0.2) is 0 Å². The molecule has 1 heterocycles. The second-order valence-corrected chi connectivity index (χ2v) is 4.40. The lowest BCUT2D eigenvalue weighted by atomic mass is 10.2. The van der Waals surface area contributed by atoms with Crippen molar-refractivity contribution in [3.63, 3.8) is 0 Å². The minimum Gasteiger partial charge on any atom is -0.343 e. The van der Waals surface area contributed by atoms with Gasteiger partial charge in [0.1, 0.15) is 0 Å². The van der Waals surface area contributed by atoms with Crippen LogP contribution in [0.2, 0.25) is 0 Å². The Hall–Kier alpha value is -0.730. The Balaban J connectivity index is 2.35. The number of nitrogens with one attached hydrogen (secondary N) is 1. The molecule has 1 rings (SSSR count). The van der Waals surface area contributed by atoms with E-state index in [1.54, 1.807) is 23.7 Å². The summed E-state index contributed by atoms with van der Waals surface area (Å²) < 4.78 is 0. The highest BCUT2D eigenvalue weighted by Gasteiger charge is 2.23. The van der Waals surface area contributed by atoms with Crippen LogP contribution in [0.1, 0.15) is 6.42 Å². The van der Waals surface area contributed by atoms with Crippen molar-refractivity contribution in [1.82, 2.24) is 10.2 Å². The Morgan fingerprint density at radius 2 is 2.57 bits per heavy atom. The Kier molecular flexibility index (Phi) is 4.77. The number of hydrogen-bond donors (Lipinski definition) is 1. The zero-order valence-electron chi connectivity index (χ0n) is 8.32. The van der Waals surface area contributed by atoms with E-state index in [9.17, 15) is 4.79 Å². The van der Waals surface area contributed by atoms with E-state index >= 15 is 0 Å². The van der Waals surface area contributed by atoms with Gasteiger partial charge in [-0.3, -0.25) is 4.79 Å². The SMILES string of the molecule is CN(CCC#N)C(=O)C1CSCCN1. The van der Waals surface area contributed by atoms with E-state index < -0.39 is 0 Å². The Morgan fingerprint density at radius 3 is 3.14 bits per heavy atom. The highest BCUT2D eigenvalue weighted by atomic mass is 32.2. The minimum atomic E-state index is -0.0579. The molecule has 1 aliphatic heterocycles. The lowest BCUT2D eigenvalue weighted by Crippen LogP contribution is -2.49. The topological polar surface area (TPSA) is 56.1 Å². The third kappa shape index (κ3) is 3.20. The van der Waals surface area contributed by atoms with Gasteiger partial charge in [-0.2, -0.15) is 17.0 Å². The number of nitriles is 1. The van der Waals surface area contributed by atoms with Crippen molar-refractivity contribution < 1.29 is 4.79 Å². The van der Waals surface area contributed by atoms with Crippen LogP contribution in [0.3, 0.4) is 0 Å². The molecule has 5 heteroatoms. The average molecular weight is 213 g/mol. The maximum Gasteiger partial charge on any atom is 0.240 e. The van der Waals surface area contributed by atoms with Gasteiger partial charge in [0, 0.05) is 31.6 Å². The van der Waals surface area contributed by atoms with E-state index in [0.717, 1.165) is 18.1 Å². The highest BCUT2D eigenvalue weighted by molar-refractivity contribution is 7.99. The highest BCUT2D eigenvalue weighted by Crippen LogP contribution is 2.09. The molecule has 1 fully saturated rings. The van der Waals surface area contributed by atoms with E-state index in [-0.39, 0.29) is 11.9 Å². The average Bonchev–Trinajstić information content (AvgIpc) is 2.26. The fourth-order valence-corrected chi connectivity index (χ4v) is 2.24. The van der Waals surface area contributed by atoms with Gasteiger partial charge >= 0.3 is 0 Å². The van der Waals surface area contributed by atoms with Crippen molar-refractivity contribution in [2.24, 2.45) is 0 Å². The molecule has 0 bridgehead atoms. The zero-order chi connectivity index (χ0) is 10.4. The molecule has 1 amide bonds. The Morgan fingerprint density at radius 1 is 1.79 bits per heavy atom. The minimum absolute atomic E-state index is 0.0579. The smallest absolute Gasteiger partial charge is 0.240 e. The summed E-state index contributed by atoms with van der Waals surface area (Å²) in [4.78, 5) is 13.4. The van der Waals surface area contributed by atoms with Crippen LogP contribution in [-0.2, 0) is 4.79 Å². The van der Waals surface area contributed by atoms with Crippen LogP contribution < -0.4 is 5.32 Å². The summed E-state index contributed by atoms with van der Waals surface area (Å²) in [6.07, 6.45) is 0.405. The van der Waals surface area contributed by atoms with Crippen LogP contribution in [0, 0.1) is 11.3 Å². The summed E-state index contributed by atoms with van der Waals surface area (Å²) in [6, 6.07) is 1.98. The molecule has 0 aromatic carbocycles. The molecule has 1 saturated heterocycles. The molecule has 0 saturated carbocycles. The van der Waals surface area contributed by atoms with Crippen molar-refractivity contribution in [2.45, 2.75) is 12.5 Å². The quantitative estimate of drug-likeness (QED) is 0.720. The summed E-state index contributed by atoms with van der Waals surface area (Å²) in [7, 11) is 1.75. The van der Waals surface area contributed by atoms with Crippen molar-refractivity contribution >= 4 is 17.7 Å². The largest absolute Gasteiger partial charge is 0.343 e. The maximum absolute atomic E-state index is 11.7. The normalized spacial score (nSPS) is 21.3. The summed E-state index contributed by atoms with van der Waals surface area (Å²) in [5.41, 5.74) is 0. The van der Waals surface area contributed by atoms with Crippen LogP contribution in [0.15, 0.2) is 0 Å². The van der Waals surface area contributed by atoms with Gasteiger partial charge in [-0.1, -0.05) is 0 Å². The molecule has 0 aromatic rings. The van der Waals surface area contributed by atoms with Crippen LogP contribution in [0.25, 0.3) is 0 Å². The number of hydrogen-bond acceptors (Lipinski definition) is 4. The van der Waals surface area contributed by atoms with Crippen molar-refractivity contribution in [3.8, 4) is 6.07 Å².